The van der Waals surface area contributed by atoms with E-state index in [0.717, 1.165) is 18.3 Å². The van der Waals surface area contributed by atoms with E-state index < -0.39 is 45.6 Å². The molecule has 0 aliphatic rings. The lowest BCUT2D eigenvalue weighted by Gasteiger charge is -2.06. The molecule has 0 unspecified atom stereocenters. The molecule has 13 heteroatoms. The molecule has 0 saturated carbocycles. The highest BCUT2D eigenvalue weighted by atomic mass is 19.4. The molecule has 10 nitrogen and oxygen atoms in total. The average molecular weight is 384 g/mol. The van der Waals surface area contributed by atoms with Gasteiger partial charge < -0.3 is 19.8 Å². The summed E-state index contributed by atoms with van der Waals surface area (Å²) in [6.07, 6.45) is -3.69. The summed E-state index contributed by atoms with van der Waals surface area (Å²) in [6, 6.07) is 2.33. The van der Waals surface area contributed by atoms with Crippen LogP contribution in [-0.4, -0.2) is 25.3 Å². The van der Waals surface area contributed by atoms with E-state index in [1.165, 1.54) is 0 Å². The first-order valence-corrected chi connectivity index (χ1v) is 6.92. The van der Waals surface area contributed by atoms with Crippen LogP contribution in [0.25, 0.3) is 22.9 Å². The number of hydrogen-bond acceptors (Lipinski definition) is 8. The van der Waals surface area contributed by atoms with Gasteiger partial charge >= 0.3 is 11.9 Å². The highest BCUT2D eigenvalue weighted by molar-refractivity contribution is 5.68. The number of rotatable bonds is 3. The van der Waals surface area contributed by atoms with Gasteiger partial charge in [-0.2, -0.15) is 17.9 Å². The number of phenols is 2. The average Bonchev–Trinajstić information content (AvgIpc) is 3.05. The summed E-state index contributed by atoms with van der Waals surface area (Å²) in [6.45, 7) is 0. The fraction of sp³-hybridized carbons (Fsp3) is 0.0714. The number of nitro groups is 1. The molecule has 0 atom stereocenters. The normalized spacial score (nSPS) is 11.5. The Morgan fingerprint density at radius 3 is 2.30 bits per heavy atom. The first-order valence-electron chi connectivity index (χ1n) is 6.92. The molecule has 1 aromatic carbocycles. The smallest absolute Gasteiger partial charge is 0.422 e. The van der Waals surface area contributed by atoms with Crippen LogP contribution in [0.2, 0.25) is 0 Å². The van der Waals surface area contributed by atoms with Crippen molar-refractivity contribution in [3.63, 3.8) is 0 Å². The Balaban J connectivity index is 2.06. The molecule has 0 fully saturated rings. The van der Waals surface area contributed by atoms with Crippen LogP contribution in [0.5, 0.6) is 11.5 Å². The minimum absolute atomic E-state index is 0.0841. The van der Waals surface area contributed by atoms with Gasteiger partial charge in [0.25, 0.3) is 5.89 Å². The molecule has 140 valence electrons. The lowest BCUT2D eigenvalue weighted by atomic mass is 10.1. The Morgan fingerprint density at radius 1 is 1.07 bits per heavy atom. The van der Waals surface area contributed by atoms with Gasteiger partial charge in [0.15, 0.2) is 18.1 Å². The molecular weight excluding hydrogens is 377 g/mol. The number of halogens is 3. The zero-order valence-corrected chi connectivity index (χ0v) is 12.8. The van der Waals surface area contributed by atoms with E-state index >= 15 is 0 Å². The summed E-state index contributed by atoms with van der Waals surface area (Å²) in [4.78, 5) is 9.91. The molecule has 0 saturated heterocycles. The van der Waals surface area contributed by atoms with Crippen molar-refractivity contribution in [1.29, 1.82) is 0 Å². The maximum absolute atomic E-state index is 12.8. The highest BCUT2D eigenvalue weighted by Gasteiger charge is 2.34. The van der Waals surface area contributed by atoms with Crippen LogP contribution in [0.15, 0.2) is 35.0 Å². The minimum Gasteiger partial charge on any atom is -0.619 e. The Morgan fingerprint density at radius 2 is 1.70 bits per heavy atom. The number of hydrogen-bond donors (Lipinski definition) is 2. The summed E-state index contributed by atoms with van der Waals surface area (Å²) < 4.78 is 43.5. The molecule has 2 N–H and O–H groups in total. The van der Waals surface area contributed by atoms with E-state index in [-0.39, 0.29) is 15.9 Å². The van der Waals surface area contributed by atoms with Gasteiger partial charge in [0.2, 0.25) is 11.6 Å². The van der Waals surface area contributed by atoms with Gasteiger partial charge in [0, 0.05) is 11.6 Å². The van der Waals surface area contributed by atoms with E-state index in [1.54, 1.807) is 0 Å². The van der Waals surface area contributed by atoms with Gasteiger partial charge in [0.1, 0.15) is 11.1 Å². The van der Waals surface area contributed by atoms with E-state index in [2.05, 4.69) is 10.2 Å². The second kappa shape index (κ2) is 6.12. The largest absolute Gasteiger partial charge is 0.619 e. The second-order valence-electron chi connectivity index (χ2n) is 5.20. The topological polar surface area (TPSA) is 149 Å². The number of phenolic OH excluding ortho intramolecular Hbond substituents is 2. The van der Waals surface area contributed by atoms with Crippen molar-refractivity contribution in [1.82, 2.24) is 10.2 Å². The minimum atomic E-state index is -4.78. The van der Waals surface area contributed by atoms with Crippen molar-refractivity contribution in [2.75, 3.05) is 0 Å². The van der Waals surface area contributed by atoms with Gasteiger partial charge in [-0.3, -0.25) is 10.1 Å². The number of alkyl halides is 3. The van der Waals surface area contributed by atoms with Crippen LogP contribution in [0.1, 0.15) is 5.56 Å². The zero-order chi connectivity index (χ0) is 19.9. The number of aromatic nitrogens is 3. The summed E-state index contributed by atoms with van der Waals surface area (Å²) >= 11 is 0. The summed E-state index contributed by atoms with van der Waals surface area (Å²) in [5.41, 5.74) is -2.59. The van der Waals surface area contributed by atoms with E-state index in [4.69, 9.17) is 4.42 Å². The predicted molar refractivity (Wildman–Crippen MR) is 79.1 cm³/mol. The van der Waals surface area contributed by atoms with Crippen LogP contribution in [-0.2, 0) is 6.18 Å². The van der Waals surface area contributed by atoms with E-state index in [0.29, 0.717) is 12.3 Å². The third kappa shape index (κ3) is 3.42. The third-order valence-corrected chi connectivity index (χ3v) is 3.36. The lowest BCUT2D eigenvalue weighted by Crippen LogP contribution is -2.27. The second-order valence-corrected chi connectivity index (χ2v) is 5.20. The monoisotopic (exact) mass is 384 g/mol. The number of nitrogens with zero attached hydrogens (tertiary/aromatic N) is 4. The van der Waals surface area contributed by atoms with Crippen molar-refractivity contribution in [3.05, 3.63) is 51.5 Å². The van der Waals surface area contributed by atoms with Gasteiger partial charge in [-0.15, -0.1) is 10.2 Å². The standard InChI is InChI=1S/C14H7F3N4O6/c15-14(16,17)8-1-7(4-20(24)5-8)13-19-18-12(27-13)6-2-9(21(25)26)11(23)10(22)3-6/h1-5,22-23H. The van der Waals surface area contributed by atoms with Crippen LogP contribution >= 0.6 is 0 Å². The Bertz CT molecular complexity index is 1050. The first-order chi connectivity index (χ1) is 12.6. The number of benzene rings is 1. The number of pyridine rings is 1. The Kier molecular flexibility index (Phi) is 4.06. The SMILES string of the molecule is O=[N+]([O-])c1cc(-c2nnc(-c3cc(C(F)(F)F)c[n+]([O-])c3)o2)cc(O)c1O. The molecule has 0 aliphatic heterocycles. The van der Waals surface area contributed by atoms with Gasteiger partial charge in [-0.25, -0.2) is 0 Å². The lowest BCUT2D eigenvalue weighted by molar-refractivity contribution is -0.606. The molecule has 2 heterocycles. The fourth-order valence-electron chi connectivity index (χ4n) is 2.15. The zero-order valence-electron chi connectivity index (χ0n) is 12.8. The summed E-state index contributed by atoms with van der Waals surface area (Å²) in [5, 5.41) is 48.3. The molecule has 3 rings (SSSR count). The van der Waals surface area contributed by atoms with Gasteiger partial charge in [-0.05, 0) is 12.1 Å². The molecule has 0 radical (unpaired) electrons. The van der Waals surface area contributed by atoms with Crippen LogP contribution < -0.4 is 4.73 Å². The summed E-state index contributed by atoms with van der Waals surface area (Å²) in [5.74, 6) is -2.67. The molecule has 0 bridgehead atoms. The molecule has 0 spiro atoms. The van der Waals surface area contributed by atoms with Crippen LogP contribution in [0, 0.1) is 15.3 Å². The van der Waals surface area contributed by atoms with Crippen molar-refractivity contribution in [2.24, 2.45) is 0 Å². The quantitative estimate of drug-likeness (QED) is 0.230. The van der Waals surface area contributed by atoms with Crippen LogP contribution in [0.3, 0.4) is 0 Å². The van der Waals surface area contributed by atoms with Crippen molar-refractivity contribution in [2.45, 2.75) is 6.18 Å². The van der Waals surface area contributed by atoms with Crippen molar-refractivity contribution < 1.29 is 37.5 Å². The maximum atomic E-state index is 12.8. The van der Waals surface area contributed by atoms with E-state index in [9.17, 15) is 38.7 Å². The Hall–Kier alpha value is -3.90. The summed E-state index contributed by atoms with van der Waals surface area (Å²) in [7, 11) is 0. The predicted octanol–water partition coefficient (Wildman–Crippen LogP) is 2.38. The molecule has 0 aliphatic carbocycles. The fourth-order valence-corrected chi connectivity index (χ4v) is 2.15. The highest BCUT2D eigenvalue weighted by Crippen LogP contribution is 2.39. The van der Waals surface area contributed by atoms with Crippen molar-refractivity contribution >= 4 is 5.69 Å². The molecule has 3 aromatic rings. The van der Waals surface area contributed by atoms with Gasteiger partial charge in [0.05, 0.1) is 4.92 Å². The van der Waals surface area contributed by atoms with E-state index in [1.807, 2.05) is 0 Å². The number of nitro benzene ring substituents is 1. The Labute approximate surface area is 146 Å². The third-order valence-electron chi connectivity index (χ3n) is 3.36. The van der Waals surface area contributed by atoms with Crippen LogP contribution in [0.4, 0.5) is 18.9 Å². The molecular formula is C14H7F3N4O6. The first kappa shape index (κ1) is 17.9. The van der Waals surface area contributed by atoms with Crippen molar-refractivity contribution in [3.8, 4) is 34.4 Å². The number of aromatic hydroxyl groups is 2. The molecule has 0 amide bonds. The molecule has 27 heavy (non-hydrogen) atoms. The van der Waals surface area contributed by atoms with Gasteiger partial charge in [-0.1, -0.05) is 0 Å². The maximum Gasteiger partial charge on any atom is 0.422 e. The molecule has 2 aromatic heterocycles.